The lowest BCUT2D eigenvalue weighted by Gasteiger charge is -2.13. The van der Waals surface area contributed by atoms with Gasteiger partial charge in [-0.05, 0) is 38.8 Å². The van der Waals surface area contributed by atoms with E-state index < -0.39 is 5.60 Å². The number of hydrogen-bond acceptors (Lipinski definition) is 3. The van der Waals surface area contributed by atoms with Crippen molar-refractivity contribution in [1.82, 2.24) is 0 Å². The molecule has 0 saturated carbocycles. The quantitative estimate of drug-likeness (QED) is 0.456. The molecule has 0 amide bonds. The molecule has 0 N–H and O–H groups in total. The van der Waals surface area contributed by atoms with Crippen molar-refractivity contribution < 1.29 is 14.3 Å². The Kier molecular flexibility index (Phi) is 2.66. The summed E-state index contributed by atoms with van der Waals surface area (Å²) >= 11 is 0. The highest BCUT2D eigenvalue weighted by Gasteiger charge is 2.57. The monoisotopic (exact) mass is 232 g/mol. The molecule has 2 rings (SSSR count). The van der Waals surface area contributed by atoms with Gasteiger partial charge in [-0.2, -0.15) is 0 Å². The number of rotatable bonds is 3. The lowest BCUT2D eigenvalue weighted by atomic mass is 9.88. The maximum absolute atomic E-state index is 12.4. The first-order valence-electron chi connectivity index (χ1n) is 5.66. The second-order valence-electron chi connectivity index (χ2n) is 4.77. The molecule has 1 fully saturated rings. The van der Waals surface area contributed by atoms with E-state index in [1.54, 1.807) is 0 Å². The fourth-order valence-electron chi connectivity index (χ4n) is 2.31. The molecule has 3 nitrogen and oxygen atoms in total. The molecular weight excluding hydrogens is 216 g/mol. The van der Waals surface area contributed by atoms with Crippen LogP contribution in [0.4, 0.5) is 0 Å². The molecule has 1 heterocycles. The van der Waals surface area contributed by atoms with Crippen LogP contribution in [0.25, 0.3) is 0 Å². The van der Waals surface area contributed by atoms with Crippen molar-refractivity contribution >= 4 is 11.6 Å². The third kappa shape index (κ3) is 1.80. The lowest BCUT2D eigenvalue weighted by molar-refractivity contribution is -0.120. The zero-order chi connectivity index (χ0) is 12.8. The van der Waals surface area contributed by atoms with E-state index in [0.29, 0.717) is 5.56 Å². The molecule has 0 bridgehead atoms. The van der Waals surface area contributed by atoms with Crippen LogP contribution in [0.1, 0.15) is 34.0 Å². The number of carbonyl (C=O) groups is 2. The minimum absolute atomic E-state index is 0.194. The minimum Gasteiger partial charge on any atom is -0.353 e. The average molecular weight is 232 g/mol. The van der Waals surface area contributed by atoms with Crippen LogP contribution in [-0.4, -0.2) is 23.8 Å². The van der Waals surface area contributed by atoms with Crippen LogP contribution >= 0.6 is 0 Å². The molecule has 0 spiro atoms. The van der Waals surface area contributed by atoms with Crippen molar-refractivity contribution in [3.8, 4) is 0 Å². The molecule has 1 aliphatic heterocycles. The smallest absolute Gasteiger partial charge is 0.212 e. The molecule has 1 atom stereocenters. The molecule has 3 heteroatoms. The summed E-state index contributed by atoms with van der Waals surface area (Å²) in [4.78, 5) is 23.9. The molecule has 1 aliphatic rings. The normalized spacial score (nSPS) is 22.4. The molecule has 1 aromatic rings. The average Bonchev–Trinajstić information content (AvgIpc) is 2.95. The Bertz CT molecular complexity index is 487. The van der Waals surface area contributed by atoms with Crippen LogP contribution in [0.3, 0.4) is 0 Å². The zero-order valence-corrected chi connectivity index (χ0v) is 10.6. The second kappa shape index (κ2) is 3.77. The Morgan fingerprint density at radius 1 is 1.18 bits per heavy atom. The van der Waals surface area contributed by atoms with Crippen LogP contribution in [-0.2, 0) is 9.53 Å². The highest BCUT2D eigenvalue weighted by molar-refractivity contribution is 6.20. The third-order valence-corrected chi connectivity index (χ3v) is 3.27. The summed E-state index contributed by atoms with van der Waals surface area (Å²) in [5.74, 6) is -0.401. The number of benzene rings is 1. The van der Waals surface area contributed by atoms with E-state index >= 15 is 0 Å². The van der Waals surface area contributed by atoms with Crippen molar-refractivity contribution in [2.24, 2.45) is 0 Å². The fraction of sp³-hybridized carbons (Fsp3) is 0.429. The van der Waals surface area contributed by atoms with Crippen LogP contribution in [0.15, 0.2) is 12.1 Å². The highest BCUT2D eigenvalue weighted by atomic mass is 16.6. The summed E-state index contributed by atoms with van der Waals surface area (Å²) in [7, 11) is 0. The standard InChI is InChI=1S/C14H16O3/c1-8-5-9(2)12(10(3)6-8)13(16)14(7-17-14)11(4)15/h5-6H,7H2,1-4H3. The van der Waals surface area contributed by atoms with Gasteiger partial charge in [-0.15, -0.1) is 0 Å². The van der Waals surface area contributed by atoms with Crippen LogP contribution in [0.2, 0.25) is 0 Å². The van der Waals surface area contributed by atoms with E-state index in [0.717, 1.165) is 16.7 Å². The number of epoxide rings is 1. The Balaban J connectivity index is 2.49. The van der Waals surface area contributed by atoms with Gasteiger partial charge in [-0.3, -0.25) is 9.59 Å². The van der Waals surface area contributed by atoms with E-state index in [2.05, 4.69) is 0 Å². The first-order valence-corrected chi connectivity index (χ1v) is 5.66. The van der Waals surface area contributed by atoms with Gasteiger partial charge < -0.3 is 4.74 Å². The molecular formula is C14H16O3. The lowest BCUT2D eigenvalue weighted by Crippen LogP contribution is -2.33. The van der Waals surface area contributed by atoms with Gasteiger partial charge in [0.25, 0.3) is 0 Å². The van der Waals surface area contributed by atoms with Crippen molar-refractivity contribution in [3.63, 3.8) is 0 Å². The predicted molar refractivity (Wildman–Crippen MR) is 64.3 cm³/mol. The maximum Gasteiger partial charge on any atom is 0.212 e. The van der Waals surface area contributed by atoms with Gasteiger partial charge in [-0.1, -0.05) is 17.7 Å². The molecule has 1 aromatic carbocycles. The summed E-state index contributed by atoms with van der Waals surface area (Å²) in [6.07, 6.45) is 0. The van der Waals surface area contributed by atoms with E-state index in [-0.39, 0.29) is 18.2 Å². The molecule has 0 radical (unpaired) electrons. The number of aryl methyl sites for hydroxylation is 3. The minimum atomic E-state index is -1.19. The van der Waals surface area contributed by atoms with E-state index in [1.807, 2.05) is 32.9 Å². The number of hydrogen-bond donors (Lipinski definition) is 0. The molecule has 90 valence electrons. The van der Waals surface area contributed by atoms with E-state index in [9.17, 15) is 9.59 Å². The number of Topliss-reactive ketones (excluding diaryl/α,β-unsaturated/α-hetero) is 2. The van der Waals surface area contributed by atoms with Gasteiger partial charge >= 0.3 is 0 Å². The van der Waals surface area contributed by atoms with Crippen LogP contribution in [0.5, 0.6) is 0 Å². The molecule has 17 heavy (non-hydrogen) atoms. The molecule has 0 aliphatic carbocycles. The van der Waals surface area contributed by atoms with Crippen molar-refractivity contribution in [3.05, 3.63) is 34.4 Å². The van der Waals surface area contributed by atoms with Gasteiger partial charge in [0.1, 0.15) is 0 Å². The number of carbonyl (C=O) groups excluding carboxylic acids is 2. The summed E-state index contributed by atoms with van der Waals surface area (Å²) in [6, 6.07) is 3.91. The van der Waals surface area contributed by atoms with E-state index in [1.165, 1.54) is 6.92 Å². The zero-order valence-electron chi connectivity index (χ0n) is 10.6. The number of ketones is 2. The summed E-state index contributed by atoms with van der Waals surface area (Å²) in [5, 5.41) is 0. The SMILES string of the molecule is CC(=O)C1(C(=O)c2c(C)cc(C)cc2C)CO1. The topological polar surface area (TPSA) is 46.7 Å². The van der Waals surface area contributed by atoms with Crippen LogP contribution < -0.4 is 0 Å². The van der Waals surface area contributed by atoms with Gasteiger partial charge in [0, 0.05) is 5.56 Å². The first-order chi connectivity index (χ1) is 7.88. The summed E-state index contributed by atoms with van der Waals surface area (Å²) in [5.41, 5.74) is 2.37. The Labute approximate surface area is 101 Å². The summed E-state index contributed by atoms with van der Waals surface area (Å²) < 4.78 is 5.11. The Hall–Kier alpha value is -1.48. The third-order valence-electron chi connectivity index (χ3n) is 3.27. The van der Waals surface area contributed by atoms with Gasteiger partial charge in [0.15, 0.2) is 5.78 Å². The van der Waals surface area contributed by atoms with Crippen molar-refractivity contribution in [2.45, 2.75) is 33.3 Å². The van der Waals surface area contributed by atoms with Crippen molar-refractivity contribution in [2.75, 3.05) is 6.61 Å². The largest absolute Gasteiger partial charge is 0.353 e. The van der Waals surface area contributed by atoms with Gasteiger partial charge in [0.05, 0.1) is 6.61 Å². The summed E-state index contributed by atoms with van der Waals surface area (Å²) in [6.45, 7) is 7.40. The van der Waals surface area contributed by atoms with Gasteiger partial charge in [-0.25, -0.2) is 0 Å². The molecule has 1 unspecified atom stereocenters. The Morgan fingerprint density at radius 2 is 1.65 bits per heavy atom. The predicted octanol–water partition coefficient (Wildman–Crippen LogP) is 2.15. The number of ether oxygens (including phenoxy) is 1. The first kappa shape index (κ1) is 12.0. The van der Waals surface area contributed by atoms with Gasteiger partial charge in [0.2, 0.25) is 11.4 Å². The molecule has 0 aromatic heterocycles. The van der Waals surface area contributed by atoms with E-state index in [4.69, 9.17) is 4.74 Å². The Morgan fingerprint density at radius 3 is 2.00 bits per heavy atom. The maximum atomic E-state index is 12.4. The highest BCUT2D eigenvalue weighted by Crippen LogP contribution is 2.34. The second-order valence-corrected chi connectivity index (χ2v) is 4.77. The van der Waals surface area contributed by atoms with Crippen molar-refractivity contribution in [1.29, 1.82) is 0 Å². The van der Waals surface area contributed by atoms with Crippen LogP contribution in [0, 0.1) is 20.8 Å². The fourth-order valence-corrected chi connectivity index (χ4v) is 2.31. The molecule has 1 saturated heterocycles.